The Morgan fingerprint density at radius 1 is 1.17 bits per heavy atom. The molecule has 0 radical (unpaired) electrons. The molecule has 0 aliphatic carbocycles. The van der Waals surface area contributed by atoms with E-state index in [1.165, 1.54) is 5.56 Å². The predicted molar refractivity (Wildman–Crippen MR) is 71.7 cm³/mol. The molecule has 4 nitrogen and oxygen atoms in total. The summed E-state index contributed by atoms with van der Waals surface area (Å²) >= 11 is 0. The van der Waals surface area contributed by atoms with Crippen LogP contribution in [0.15, 0.2) is 42.7 Å². The highest BCUT2D eigenvalue weighted by molar-refractivity contribution is 5.34. The second kappa shape index (κ2) is 6.00. The number of ether oxygens (including phenoxy) is 1. The summed E-state index contributed by atoms with van der Waals surface area (Å²) < 4.78 is 5.16. The Balaban J connectivity index is 2.12. The Hall–Kier alpha value is -2.10. The summed E-state index contributed by atoms with van der Waals surface area (Å²) in [6.45, 7) is 2.13. The van der Waals surface area contributed by atoms with Crippen LogP contribution in [-0.4, -0.2) is 17.1 Å². The van der Waals surface area contributed by atoms with Crippen molar-refractivity contribution in [3.63, 3.8) is 0 Å². The standard InChI is InChI=1S/C14H17N3O/c1-3-13(17-14-15-9-4-10-16-14)11-5-7-12(18-2)8-6-11/h4-10,13H,3H2,1-2H3,(H,15,16,17). The summed E-state index contributed by atoms with van der Waals surface area (Å²) in [6.07, 6.45) is 4.43. The molecule has 0 aliphatic heterocycles. The summed E-state index contributed by atoms with van der Waals surface area (Å²) in [6, 6.07) is 10.1. The summed E-state index contributed by atoms with van der Waals surface area (Å²) in [5.41, 5.74) is 1.20. The van der Waals surface area contributed by atoms with E-state index in [0.717, 1.165) is 12.2 Å². The molecule has 0 bridgehead atoms. The van der Waals surface area contributed by atoms with Gasteiger partial charge in [-0.15, -0.1) is 0 Å². The highest BCUT2D eigenvalue weighted by Gasteiger charge is 2.10. The van der Waals surface area contributed by atoms with Gasteiger partial charge in [-0.05, 0) is 30.2 Å². The molecule has 1 aromatic carbocycles. The Morgan fingerprint density at radius 2 is 1.83 bits per heavy atom. The minimum absolute atomic E-state index is 0.207. The maximum Gasteiger partial charge on any atom is 0.223 e. The zero-order chi connectivity index (χ0) is 12.8. The van der Waals surface area contributed by atoms with Gasteiger partial charge in [0.25, 0.3) is 0 Å². The third kappa shape index (κ3) is 2.97. The third-order valence-corrected chi connectivity index (χ3v) is 2.80. The first-order valence-corrected chi connectivity index (χ1v) is 6.01. The predicted octanol–water partition coefficient (Wildman–Crippen LogP) is 3.05. The first kappa shape index (κ1) is 12.4. The lowest BCUT2D eigenvalue weighted by Gasteiger charge is -2.17. The average Bonchev–Trinajstić information content (AvgIpc) is 2.46. The second-order valence-electron chi connectivity index (χ2n) is 3.95. The van der Waals surface area contributed by atoms with Crippen LogP contribution >= 0.6 is 0 Å². The summed E-state index contributed by atoms with van der Waals surface area (Å²) in [5.74, 6) is 1.52. The van der Waals surface area contributed by atoms with Gasteiger partial charge in [-0.2, -0.15) is 0 Å². The molecule has 2 aromatic rings. The van der Waals surface area contributed by atoms with E-state index in [-0.39, 0.29) is 6.04 Å². The van der Waals surface area contributed by atoms with Crippen LogP contribution in [0.4, 0.5) is 5.95 Å². The minimum atomic E-state index is 0.207. The molecule has 2 rings (SSSR count). The molecule has 1 N–H and O–H groups in total. The molecule has 4 heteroatoms. The number of rotatable bonds is 5. The number of hydrogen-bond donors (Lipinski definition) is 1. The van der Waals surface area contributed by atoms with E-state index in [9.17, 15) is 0 Å². The lowest BCUT2D eigenvalue weighted by atomic mass is 10.0. The van der Waals surface area contributed by atoms with Gasteiger partial charge in [-0.3, -0.25) is 0 Å². The van der Waals surface area contributed by atoms with E-state index >= 15 is 0 Å². The summed E-state index contributed by atoms with van der Waals surface area (Å²) in [4.78, 5) is 8.36. The van der Waals surface area contributed by atoms with Gasteiger partial charge in [0.15, 0.2) is 0 Å². The Bertz CT molecular complexity index is 470. The zero-order valence-electron chi connectivity index (χ0n) is 10.6. The van der Waals surface area contributed by atoms with E-state index in [2.05, 4.69) is 34.3 Å². The Morgan fingerprint density at radius 3 is 2.39 bits per heavy atom. The molecule has 0 aliphatic rings. The van der Waals surface area contributed by atoms with Gasteiger partial charge in [-0.25, -0.2) is 9.97 Å². The van der Waals surface area contributed by atoms with E-state index < -0.39 is 0 Å². The highest BCUT2D eigenvalue weighted by Crippen LogP contribution is 2.22. The molecule has 0 saturated carbocycles. The smallest absolute Gasteiger partial charge is 0.223 e. The van der Waals surface area contributed by atoms with Crippen molar-refractivity contribution in [1.82, 2.24) is 9.97 Å². The highest BCUT2D eigenvalue weighted by atomic mass is 16.5. The van der Waals surface area contributed by atoms with E-state index in [0.29, 0.717) is 5.95 Å². The van der Waals surface area contributed by atoms with Crippen molar-refractivity contribution in [3.8, 4) is 5.75 Å². The largest absolute Gasteiger partial charge is 0.497 e. The van der Waals surface area contributed by atoms with Gasteiger partial charge >= 0.3 is 0 Å². The SMILES string of the molecule is CCC(Nc1ncccn1)c1ccc(OC)cc1. The maximum atomic E-state index is 5.16. The second-order valence-corrected chi connectivity index (χ2v) is 3.95. The van der Waals surface area contributed by atoms with Gasteiger partial charge in [0.05, 0.1) is 13.2 Å². The van der Waals surface area contributed by atoms with E-state index in [1.807, 2.05) is 12.1 Å². The molecule has 0 saturated heterocycles. The van der Waals surface area contributed by atoms with Crippen molar-refractivity contribution >= 4 is 5.95 Å². The van der Waals surface area contributed by atoms with Gasteiger partial charge in [-0.1, -0.05) is 19.1 Å². The number of nitrogens with zero attached hydrogens (tertiary/aromatic N) is 2. The lowest BCUT2D eigenvalue weighted by molar-refractivity contribution is 0.414. The van der Waals surface area contributed by atoms with Crippen molar-refractivity contribution in [2.75, 3.05) is 12.4 Å². The molecule has 1 unspecified atom stereocenters. The fourth-order valence-electron chi connectivity index (χ4n) is 1.79. The van der Waals surface area contributed by atoms with Gasteiger partial charge in [0.2, 0.25) is 5.95 Å². The minimum Gasteiger partial charge on any atom is -0.497 e. The fourth-order valence-corrected chi connectivity index (χ4v) is 1.79. The van der Waals surface area contributed by atoms with Crippen molar-refractivity contribution in [2.24, 2.45) is 0 Å². The van der Waals surface area contributed by atoms with Crippen LogP contribution in [0.25, 0.3) is 0 Å². The molecule has 1 heterocycles. The van der Waals surface area contributed by atoms with Crippen LogP contribution in [0.3, 0.4) is 0 Å². The number of methoxy groups -OCH3 is 1. The molecule has 94 valence electrons. The maximum absolute atomic E-state index is 5.16. The quantitative estimate of drug-likeness (QED) is 0.876. The van der Waals surface area contributed by atoms with Crippen LogP contribution in [0, 0.1) is 0 Å². The molecule has 0 amide bonds. The van der Waals surface area contributed by atoms with Gasteiger partial charge < -0.3 is 10.1 Å². The number of hydrogen-bond acceptors (Lipinski definition) is 4. The molecular formula is C14H17N3O. The molecule has 1 aromatic heterocycles. The molecule has 0 fully saturated rings. The number of aromatic nitrogens is 2. The molecule has 1 atom stereocenters. The van der Waals surface area contributed by atoms with E-state index in [1.54, 1.807) is 25.6 Å². The summed E-state index contributed by atoms with van der Waals surface area (Å²) in [7, 11) is 1.67. The Labute approximate surface area is 107 Å². The Kier molecular flexibility index (Phi) is 4.12. The van der Waals surface area contributed by atoms with Crippen molar-refractivity contribution in [1.29, 1.82) is 0 Å². The van der Waals surface area contributed by atoms with Gasteiger partial charge in [0, 0.05) is 12.4 Å². The monoisotopic (exact) mass is 243 g/mol. The van der Waals surface area contributed by atoms with Crippen LogP contribution in [0.5, 0.6) is 5.75 Å². The van der Waals surface area contributed by atoms with Crippen molar-refractivity contribution < 1.29 is 4.74 Å². The zero-order valence-corrected chi connectivity index (χ0v) is 10.6. The molecule has 18 heavy (non-hydrogen) atoms. The molecule has 0 spiro atoms. The van der Waals surface area contributed by atoms with Crippen molar-refractivity contribution in [2.45, 2.75) is 19.4 Å². The van der Waals surface area contributed by atoms with Crippen molar-refractivity contribution in [3.05, 3.63) is 48.3 Å². The van der Waals surface area contributed by atoms with Crippen LogP contribution in [0.2, 0.25) is 0 Å². The van der Waals surface area contributed by atoms with Crippen LogP contribution in [0.1, 0.15) is 24.9 Å². The first-order chi connectivity index (χ1) is 8.83. The van der Waals surface area contributed by atoms with Crippen LogP contribution < -0.4 is 10.1 Å². The van der Waals surface area contributed by atoms with Gasteiger partial charge in [0.1, 0.15) is 5.75 Å². The normalized spacial score (nSPS) is 11.9. The average molecular weight is 243 g/mol. The molecular weight excluding hydrogens is 226 g/mol. The topological polar surface area (TPSA) is 47.0 Å². The fraction of sp³-hybridized carbons (Fsp3) is 0.286. The lowest BCUT2D eigenvalue weighted by Crippen LogP contribution is -2.11. The van der Waals surface area contributed by atoms with E-state index in [4.69, 9.17) is 4.74 Å². The first-order valence-electron chi connectivity index (χ1n) is 6.01. The number of benzene rings is 1. The summed E-state index contributed by atoms with van der Waals surface area (Å²) in [5, 5.41) is 3.32. The third-order valence-electron chi connectivity index (χ3n) is 2.80. The number of nitrogens with one attached hydrogen (secondary N) is 1. The van der Waals surface area contributed by atoms with Crippen LogP contribution in [-0.2, 0) is 0 Å². The number of anilines is 1.